The minimum absolute atomic E-state index is 0.201. The molecule has 0 amide bonds. The molecule has 1 N–H and O–H groups in total. The van der Waals surface area contributed by atoms with Crippen molar-refractivity contribution >= 4 is 44.7 Å². The third kappa shape index (κ3) is 2.69. The summed E-state index contributed by atoms with van der Waals surface area (Å²) in [6.07, 6.45) is -2.84. The molecule has 1 aromatic carbocycles. The van der Waals surface area contributed by atoms with Crippen LogP contribution >= 0.6 is 22.9 Å². The molecule has 0 atom stereocenters. The largest absolute Gasteiger partial charge is 0.406 e. The second-order valence-electron chi connectivity index (χ2n) is 5.88. The fraction of sp³-hybridized carbons (Fsp3) is 0.176. The Bertz CT molecular complexity index is 1190. The van der Waals surface area contributed by atoms with Crippen molar-refractivity contribution in [2.45, 2.75) is 19.6 Å². The maximum Gasteiger partial charge on any atom is 0.406 e. The minimum Gasteiger partial charge on any atom is -0.329 e. The van der Waals surface area contributed by atoms with Gasteiger partial charge < -0.3 is 9.55 Å². The molecule has 0 unspecified atom stereocenters. The number of aryl methyl sites for hydroxylation is 1. The molecule has 0 aliphatic rings. The van der Waals surface area contributed by atoms with Gasteiger partial charge in [-0.05, 0) is 24.6 Å². The van der Waals surface area contributed by atoms with Gasteiger partial charge in [0.2, 0.25) is 5.56 Å². The predicted molar refractivity (Wildman–Crippen MR) is 97.0 cm³/mol. The van der Waals surface area contributed by atoms with Crippen molar-refractivity contribution in [3.05, 3.63) is 50.7 Å². The normalized spacial score (nSPS) is 12.3. The Morgan fingerprint density at radius 2 is 2.08 bits per heavy atom. The molecule has 4 nitrogen and oxygen atoms in total. The van der Waals surface area contributed by atoms with Gasteiger partial charge in [-0.3, -0.25) is 4.79 Å². The molecule has 0 aliphatic heterocycles. The monoisotopic (exact) mass is 397 g/mol. The quantitative estimate of drug-likeness (QED) is 0.509. The van der Waals surface area contributed by atoms with Gasteiger partial charge in [0.1, 0.15) is 11.6 Å². The van der Waals surface area contributed by atoms with E-state index in [9.17, 15) is 18.0 Å². The molecular formula is C17H11ClF3N3OS. The smallest absolute Gasteiger partial charge is 0.329 e. The number of halogens is 4. The van der Waals surface area contributed by atoms with Gasteiger partial charge in [-0.2, -0.15) is 13.2 Å². The summed E-state index contributed by atoms with van der Waals surface area (Å²) in [6, 6.07) is 4.37. The number of alkyl halides is 3. The van der Waals surface area contributed by atoms with Crippen LogP contribution in [0.3, 0.4) is 0 Å². The van der Waals surface area contributed by atoms with Crippen molar-refractivity contribution in [1.82, 2.24) is 14.5 Å². The number of rotatable bonds is 2. The van der Waals surface area contributed by atoms with Crippen LogP contribution in [-0.4, -0.2) is 20.7 Å². The van der Waals surface area contributed by atoms with Gasteiger partial charge in [-0.1, -0.05) is 11.6 Å². The van der Waals surface area contributed by atoms with E-state index in [1.54, 1.807) is 30.6 Å². The molecule has 4 rings (SSSR count). The summed E-state index contributed by atoms with van der Waals surface area (Å²) < 4.78 is 40.9. The second kappa shape index (κ2) is 5.85. The maximum absolute atomic E-state index is 13.2. The lowest BCUT2D eigenvalue weighted by Crippen LogP contribution is -2.18. The molecule has 0 bridgehead atoms. The average Bonchev–Trinajstić information content (AvgIpc) is 3.13. The van der Waals surface area contributed by atoms with Gasteiger partial charge in [0.25, 0.3) is 0 Å². The summed E-state index contributed by atoms with van der Waals surface area (Å²) in [7, 11) is 0. The van der Waals surface area contributed by atoms with Crippen LogP contribution in [0.25, 0.3) is 32.5 Å². The number of aromatic amines is 1. The Kier molecular flexibility index (Phi) is 3.85. The molecule has 9 heteroatoms. The Labute approximate surface area is 153 Å². The van der Waals surface area contributed by atoms with Gasteiger partial charge in [0.05, 0.1) is 16.2 Å². The lowest BCUT2D eigenvalue weighted by Gasteiger charge is -2.12. The van der Waals surface area contributed by atoms with Crippen molar-refractivity contribution in [1.29, 1.82) is 0 Å². The van der Waals surface area contributed by atoms with Gasteiger partial charge in [-0.15, -0.1) is 11.3 Å². The van der Waals surface area contributed by atoms with Crippen LogP contribution in [-0.2, 0) is 6.54 Å². The van der Waals surface area contributed by atoms with Gasteiger partial charge >= 0.3 is 6.18 Å². The summed E-state index contributed by atoms with van der Waals surface area (Å²) in [4.78, 5) is 18.5. The van der Waals surface area contributed by atoms with E-state index in [4.69, 9.17) is 11.6 Å². The molecule has 3 heterocycles. The van der Waals surface area contributed by atoms with E-state index in [2.05, 4.69) is 9.97 Å². The van der Waals surface area contributed by atoms with Crippen LogP contribution in [0.1, 0.15) is 5.56 Å². The van der Waals surface area contributed by atoms with E-state index in [-0.39, 0.29) is 10.6 Å². The summed E-state index contributed by atoms with van der Waals surface area (Å²) in [5.41, 5.74) is 1.55. The second-order valence-corrected chi connectivity index (χ2v) is 7.18. The summed E-state index contributed by atoms with van der Waals surface area (Å²) >= 11 is 7.54. The van der Waals surface area contributed by atoms with E-state index >= 15 is 0 Å². The first-order valence-electron chi connectivity index (χ1n) is 7.57. The van der Waals surface area contributed by atoms with Gasteiger partial charge in [-0.25, -0.2) is 4.98 Å². The Morgan fingerprint density at radius 1 is 1.31 bits per heavy atom. The zero-order valence-corrected chi connectivity index (χ0v) is 14.9. The number of H-pyrrole nitrogens is 1. The number of nitrogens with one attached hydrogen (secondary N) is 1. The van der Waals surface area contributed by atoms with Crippen molar-refractivity contribution in [2.75, 3.05) is 0 Å². The zero-order chi connectivity index (χ0) is 18.6. The highest BCUT2D eigenvalue weighted by Gasteiger charge is 2.32. The first kappa shape index (κ1) is 17.1. The molecule has 0 saturated heterocycles. The zero-order valence-electron chi connectivity index (χ0n) is 13.3. The minimum atomic E-state index is -4.39. The third-order valence-electron chi connectivity index (χ3n) is 4.20. The standard InChI is InChI=1S/C17H11ClF3N3OS/c1-8-13-11(3-2-10-14(13)9(18)6-12(25)23-10)24(7-17(19,20)21)15(8)16-22-4-5-26-16/h2-6H,7H2,1H3,(H,23,25). The highest BCUT2D eigenvalue weighted by atomic mass is 35.5. The van der Waals surface area contributed by atoms with Gasteiger partial charge in [0, 0.05) is 33.9 Å². The SMILES string of the molecule is Cc1c(-c2nccs2)n(CC(F)(F)F)c2ccc3[nH]c(=O)cc(Cl)c3c12. The van der Waals surface area contributed by atoms with Crippen molar-refractivity contribution < 1.29 is 13.2 Å². The third-order valence-corrected chi connectivity index (χ3v) is 5.28. The maximum atomic E-state index is 13.2. The van der Waals surface area contributed by atoms with E-state index < -0.39 is 12.7 Å². The number of nitrogens with zero attached hydrogens (tertiary/aromatic N) is 2. The Morgan fingerprint density at radius 3 is 2.73 bits per heavy atom. The predicted octanol–water partition coefficient (Wildman–Crippen LogP) is 5.13. The number of benzene rings is 1. The van der Waals surface area contributed by atoms with Crippen LogP contribution in [0.4, 0.5) is 13.2 Å². The van der Waals surface area contributed by atoms with Crippen LogP contribution in [0, 0.1) is 6.92 Å². The van der Waals surface area contributed by atoms with Crippen LogP contribution in [0.5, 0.6) is 0 Å². The van der Waals surface area contributed by atoms with Crippen LogP contribution in [0.2, 0.25) is 5.02 Å². The summed E-state index contributed by atoms with van der Waals surface area (Å²) in [5, 5.41) is 3.52. The number of aromatic nitrogens is 3. The van der Waals surface area contributed by atoms with E-state index in [0.717, 1.165) is 0 Å². The molecule has 26 heavy (non-hydrogen) atoms. The molecule has 4 aromatic rings. The van der Waals surface area contributed by atoms with E-state index in [1.807, 2.05) is 0 Å². The first-order chi connectivity index (χ1) is 12.3. The molecule has 0 fully saturated rings. The number of pyridine rings is 1. The number of hydrogen-bond acceptors (Lipinski definition) is 3. The summed E-state index contributed by atoms with van der Waals surface area (Å²) in [5.74, 6) is 0. The topological polar surface area (TPSA) is 50.7 Å². The summed E-state index contributed by atoms with van der Waals surface area (Å²) in [6.45, 7) is 0.603. The van der Waals surface area contributed by atoms with Crippen LogP contribution in [0.15, 0.2) is 34.6 Å². The molecule has 3 aromatic heterocycles. The fourth-order valence-electron chi connectivity index (χ4n) is 3.31. The molecule has 0 radical (unpaired) electrons. The highest BCUT2D eigenvalue weighted by Crippen LogP contribution is 2.40. The number of fused-ring (bicyclic) bond motifs is 3. The Balaban J connectivity index is 2.19. The lowest BCUT2D eigenvalue weighted by atomic mass is 10.1. The van der Waals surface area contributed by atoms with Crippen molar-refractivity contribution in [2.24, 2.45) is 0 Å². The molecule has 0 spiro atoms. The molecule has 0 saturated carbocycles. The van der Waals surface area contributed by atoms with Crippen molar-refractivity contribution in [3.8, 4) is 10.7 Å². The molecule has 0 aliphatic carbocycles. The highest BCUT2D eigenvalue weighted by molar-refractivity contribution is 7.13. The van der Waals surface area contributed by atoms with Gasteiger partial charge in [0.15, 0.2) is 0 Å². The van der Waals surface area contributed by atoms with Crippen LogP contribution < -0.4 is 5.56 Å². The molecular weight excluding hydrogens is 387 g/mol. The van der Waals surface area contributed by atoms with E-state index in [1.165, 1.54) is 22.0 Å². The average molecular weight is 398 g/mol. The van der Waals surface area contributed by atoms with Crippen molar-refractivity contribution in [3.63, 3.8) is 0 Å². The van der Waals surface area contributed by atoms with E-state index in [0.29, 0.717) is 38.1 Å². The number of thiazole rings is 1. The fourth-order valence-corrected chi connectivity index (χ4v) is 4.35. The first-order valence-corrected chi connectivity index (χ1v) is 8.83. The Hall–Kier alpha value is -2.32. The lowest BCUT2D eigenvalue weighted by molar-refractivity contribution is -0.139. The molecule has 134 valence electrons. The number of hydrogen-bond donors (Lipinski definition) is 1.